The van der Waals surface area contributed by atoms with Crippen LogP contribution in [0.2, 0.25) is 0 Å². The molecule has 0 aromatic carbocycles. The summed E-state index contributed by atoms with van der Waals surface area (Å²) in [5.74, 6) is -0.730. The Hall–Kier alpha value is -1.65. The first kappa shape index (κ1) is 11.4. The van der Waals surface area contributed by atoms with Crippen molar-refractivity contribution in [2.75, 3.05) is 7.11 Å². The van der Waals surface area contributed by atoms with E-state index >= 15 is 0 Å². The van der Waals surface area contributed by atoms with Crippen molar-refractivity contribution in [3.8, 4) is 0 Å². The first-order valence-corrected chi connectivity index (χ1v) is 3.87. The van der Waals surface area contributed by atoms with Gasteiger partial charge in [-0.1, -0.05) is 13.8 Å². The number of hydrogen-bond acceptors (Lipinski definition) is 4. The minimum absolute atomic E-state index is 0.227. The van der Waals surface area contributed by atoms with Gasteiger partial charge in [-0.05, 0) is 0 Å². The minimum Gasteiger partial charge on any atom is -0.464 e. The third-order valence-corrected chi connectivity index (χ3v) is 1.09. The average molecular weight is 184 g/mol. The van der Waals surface area contributed by atoms with Crippen LogP contribution in [0.1, 0.15) is 24.3 Å². The number of nitrogens with one attached hydrogen (secondary N) is 1. The highest BCUT2D eigenvalue weighted by Gasteiger charge is 2.10. The summed E-state index contributed by atoms with van der Waals surface area (Å²) < 4.78 is 4.30. The molecule has 1 aromatic rings. The molecule has 5 nitrogen and oxygen atoms in total. The maximum atomic E-state index is 10.8. The SMILES string of the molecule is CC.COC(=O)c1ncc[nH]c1=O. The summed E-state index contributed by atoms with van der Waals surface area (Å²) in [7, 11) is 1.19. The fourth-order valence-electron chi connectivity index (χ4n) is 0.594. The predicted molar refractivity (Wildman–Crippen MR) is 47.5 cm³/mol. The average Bonchev–Trinajstić information content (AvgIpc) is 2.20. The summed E-state index contributed by atoms with van der Waals surface area (Å²) >= 11 is 0. The van der Waals surface area contributed by atoms with E-state index in [0.717, 1.165) is 0 Å². The second-order valence-electron chi connectivity index (χ2n) is 1.76. The molecule has 1 N–H and O–H groups in total. The molecule has 0 aliphatic carbocycles. The van der Waals surface area contributed by atoms with Crippen molar-refractivity contribution in [1.29, 1.82) is 0 Å². The molecule has 1 aromatic heterocycles. The van der Waals surface area contributed by atoms with Crippen molar-refractivity contribution in [3.05, 3.63) is 28.4 Å². The molecule has 0 saturated heterocycles. The van der Waals surface area contributed by atoms with Crippen LogP contribution in [0.25, 0.3) is 0 Å². The first-order chi connectivity index (χ1) is 6.25. The van der Waals surface area contributed by atoms with E-state index in [1.165, 1.54) is 19.5 Å². The van der Waals surface area contributed by atoms with E-state index in [9.17, 15) is 9.59 Å². The van der Waals surface area contributed by atoms with Crippen LogP contribution < -0.4 is 5.56 Å². The second kappa shape index (κ2) is 5.93. The zero-order valence-corrected chi connectivity index (χ0v) is 7.83. The van der Waals surface area contributed by atoms with Crippen molar-refractivity contribution in [1.82, 2.24) is 9.97 Å². The Bertz CT molecular complexity index is 319. The zero-order chi connectivity index (χ0) is 10.3. The van der Waals surface area contributed by atoms with Gasteiger partial charge in [-0.2, -0.15) is 0 Å². The lowest BCUT2D eigenvalue weighted by Gasteiger charge is -1.93. The van der Waals surface area contributed by atoms with Crippen molar-refractivity contribution < 1.29 is 9.53 Å². The molecule has 13 heavy (non-hydrogen) atoms. The second-order valence-corrected chi connectivity index (χ2v) is 1.76. The lowest BCUT2D eigenvalue weighted by atomic mass is 10.4. The van der Waals surface area contributed by atoms with E-state index in [1.54, 1.807) is 0 Å². The molecule has 1 heterocycles. The van der Waals surface area contributed by atoms with Crippen LogP contribution in [-0.4, -0.2) is 23.0 Å². The number of hydrogen-bond donors (Lipinski definition) is 1. The van der Waals surface area contributed by atoms with Gasteiger partial charge in [0.2, 0.25) is 5.69 Å². The van der Waals surface area contributed by atoms with Crippen LogP contribution in [0.5, 0.6) is 0 Å². The lowest BCUT2D eigenvalue weighted by molar-refractivity contribution is 0.0591. The topological polar surface area (TPSA) is 72.0 Å². The Kier molecular flexibility index (Phi) is 5.18. The molecule has 0 aliphatic rings. The molecule has 0 radical (unpaired) electrons. The van der Waals surface area contributed by atoms with Crippen molar-refractivity contribution >= 4 is 5.97 Å². The number of H-pyrrole nitrogens is 1. The van der Waals surface area contributed by atoms with E-state index in [4.69, 9.17) is 0 Å². The van der Waals surface area contributed by atoms with Gasteiger partial charge in [-0.25, -0.2) is 9.78 Å². The summed E-state index contributed by atoms with van der Waals surface area (Å²) in [6.07, 6.45) is 2.66. The number of aromatic nitrogens is 2. The minimum atomic E-state index is -0.730. The van der Waals surface area contributed by atoms with Crippen LogP contribution in [0.3, 0.4) is 0 Å². The fraction of sp³-hybridized carbons (Fsp3) is 0.375. The standard InChI is InChI=1S/C6H6N2O3.C2H6/c1-11-6(10)4-5(9)8-3-2-7-4;1-2/h2-3H,1H3,(H,8,9);1-2H3. The monoisotopic (exact) mass is 184 g/mol. The maximum absolute atomic E-state index is 10.8. The molecule has 0 amide bonds. The summed E-state index contributed by atoms with van der Waals surface area (Å²) in [4.78, 5) is 27.4. The molecule has 0 bridgehead atoms. The van der Waals surface area contributed by atoms with Gasteiger partial charge in [-0.3, -0.25) is 4.79 Å². The van der Waals surface area contributed by atoms with Gasteiger partial charge in [0.05, 0.1) is 7.11 Å². The Morgan fingerprint density at radius 1 is 1.54 bits per heavy atom. The van der Waals surface area contributed by atoms with Gasteiger partial charge >= 0.3 is 5.97 Å². The van der Waals surface area contributed by atoms with Gasteiger partial charge in [0, 0.05) is 12.4 Å². The van der Waals surface area contributed by atoms with Gasteiger partial charge in [0.15, 0.2) is 0 Å². The van der Waals surface area contributed by atoms with Crippen molar-refractivity contribution in [2.24, 2.45) is 0 Å². The highest BCUT2D eigenvalue weighted by atomic mass is 16.5. The number of ether oxygens (including phenoxy) is 1. The van der Waals surface area contributed by atoms with Gasteiger partial charge < -0.3 is 9.72 Å². The van der Waals surface area contributed by atoms with Crippen molar-refractivity contribution in [2.45, 2.75) is 13.8 Å². The van der Waals surface area contributed by atoms with E-state index in [2.05, 4.69) is 14.7 Å². The molecule has 0 unspecified atom stereocenters. The molecule has 1 rings (SSSR count). The van der Waals surface area contributed by atoms with Crippen LogP contribution in [0.4, 0.5) is 0 Å². The Balaban J connectivity index is 0.000000671. The third kappa shape index (κ3) is 3.06. The molecule has 0 saturated carbocycles. The number of methoxy groups -OCH3 is 1. The van der Waals surface area contributed by atoms with Crippen LogP contribution in [0, 0.1) is 0 Å². The highest BCUT2D eigenvalue weighted by Crippen LogP contribution is 1.85. The van der Waals surface area contributed by atoms with Gasteiger partial charge in [-0.15, -0.1) is 0 Å². The molecule has 0 aliphatic heterocycles. The lowest BCUT2D eigenvalue weighted by Crippen LogP contribution is -2.19. The van der Waals surface area contributed by atoms with Gasteiger partial charge in [0.25, 0.3) is 5.56 Å². The largest absolute Gasteiger partial charge is 0.464 e. The van der Waals surface area contributed by atoms with E-state index in [0.29, 0.717) is 0 Å². The van der Waals surface area contributed by atoms with Gasteiger partial charge in [0.1, 0.15) is 0 Å². The molecule has 0 atom stereocenters. The molecule has 0 fully saturated rings. The predicted octanol–water partition coefficient (Wildman–Crippen LogP) is 0.583. The van der Waals surface area contributed by atoms with E-state index in [1.807, 2.05) is 13.8 Å². The fourth-order valence-corrected chi connectivity index (χ4v) is 0.594. The molecule has 5 heteroatoms. The van der Waals surface area contributed by atoms with E-state index in [-0.39, 0.29) is 5.69 Å². The van der Waals surface area contributed by atoms with Crippen LogP contribution in [0.15, 0.2) is 17.2 Å². The summed E-state index contributed by atoms with van der Waals surface area (Å²) in [6, 6.07) is 0. The van der Waals surface area contributed by atoms with Crippen molar-refractivity contribution in [3.63, 3.8) is 0 Å². The summed E-state index contributed by atoms with van der Waals surface area (Å²) in [6.45, 7) is 4.00. The number of carbonyl (C=O) groups excluding carboxylic acids is 1. The quantitative estimate of drug-likeness (QED) is 0.648. The molecule has 0 spiro atoms. The Morgan fingerprint density at radius 2 is 2.15 bits per heavy atom. The molecular formula is C8H12N2O3. The first-order valence-electron chi connectivity index (χ1n) is 3.87. The summed E-state index contributed by atoms with van der Waals surface area (Å²) in [5, 5.41) is 0. The zero-order valence-electron chi connectivity index (χ0n) is 7.83. The number of carbonyl (C=O) groups is 1. The highest BCUT2D eigenvalue weighted by molar-refractivity contribution is 5.86. The molecular weight excluding hydrogens is 172 g/mol. The molecule has 72 valence electrons. The Labute approximate surface area is 75.8 Å². The number of nitrogens with zero attached hydrogens (tertiary/aromatic N) is 1. The van der Waals surface area contributed by atoms with E-state index < -0.39 is 11.5 Å². The Morgan fingerprint density at radius 3 is 2.62 bits per heavy atom. The number of rotatable bonds is 1. The maximum Gasteiger partial charge on any atom is 0.362 e. The third-order valence-electron chi connectivity index (χ3n) is 1.09. The number of esters is 1. The number of aromatic amines is 1. The summed E-state index contributed by atoms with van der Waals surface area (Å²) in [5.41, 5.74) is -0.769. The van der Waals surface area contributed by atoms with Crippen LogP contribution in [-0.2, 0) is 4.74 Å². The van der Waals surface area contributed by atoms with Crippen LogP contribution >= 0.6 is 0 Å². The smallest absolute Gasteiger partial charge is 0.362 e. The normalized spacial score (nSPS) is 8.23.